The maximum Gasteiger partial charge on any atom is 0.271 e. The standard InChI is InChI=1S/C23H26N4O3S/c1-16-7-6-8-22(13-16)27-17(2)14-20(18(27)3)15-24-25-23(28)19-9-11-21(12-10-19)26(4)31(5,29)30/h6-15H,1-5H3,(H,25,28)/b24-15-. The number of hydrogen-bond donors (Lipinski definition) is 1. The minimum absolute atomic E-state index is 0.377. The fourth-order valence-corrected chi connectivity index (χ4v) is 3.83. The number of amides is 1. The molecule has 0 fully saturated rings. The largest absolute Gasteiger partial charge is 0.318 e. The predicted octanol–water partition coefficient (Wildman–Crippen LogP) is 3.56. The Morgan fingerprint density at radius 1 is 1.06 bits per heavy atom. The molecule has 1 aromatic heterocycles. The maximum absolute atomic E-state index is 12.4. The quantitative estimate of drug-likeness (QED) is 0.472. The second kappa shape index (κ2) is 8.77. The van der Waals surface area contributed by atoms with Crippen molar-refractivity contribution < 1.29 is 13.2 Å². The van der Waals surface area contributed by atoms with Crippen LogP contribution in [0.25, 0.3) is 5.69 Å². The SMILES string of the molecule is Cc1cccc(-n2c(C)cc(/C=N\NC(=O)c3ccc(N(C)S(C)(=O)=O)cc3)c2C)c1. The van der Waals surface area contributed by atoms with E-state index >= 15 is 0 Å². The summed E-state index contributed by atoms with van der Waals surface area (Å²) in [6.07, 6.45) is 2.75. The van der Waals surface area contributed by atoms with Gasteiger partial charge >= 0.3 is 0 Å². The van der Waals surface area contributed by atoms with Gasteiger partial charge in [0.15, 0.2) is 0 Å². The van der Waals surface area contributed by atoms with Crippen molar-refractivity contribution in [1.29, 1.82) is 0 Å². The molecule has 7 nitrogen and oxygen atoms in total. The zero-order valence-corrected chi connectivity index (χ0v) is 19.1. The fraction of sp³-hybridized carbons (Fsp3) is 0.217. The Morgan fingerprint density at radius 2 is 1.74 bits per heavy atom. The van der Waals surface area contributed by atoms with E-state index in [0.717, 1.165) is 33.2 Å². The first kappa shape index (κ1) is 22.3. The van der Waals surface area contributed by atoms with E-state index in [2.05, 4.69) is 40.2 Å². The maximum atomic E-state index is 12.4. The Hall–Kier alpha value is -3.39. The van der Waals surface area contributed by atoms with Crippen LogP contribution >= 0.6 is 0 Å². The highest BCUT2D eigenvalue weighted by atomic mass is 32.2. The molecule has 0 aliphatic rings. The van der Waals surface area contributed by atoms with Crippen LogP contribution < -0.4 is 9.73 Å². The second-order valence-electron chi connectivity index (χ2n) is 7.48. The molecule has 1 amide bonds. The first-order chi connectivity index (χ1) is 14.6. The minimum Gasteiger partial charge on any atom is -0.318 e. The van der Waals surface area contributed by atoms with Gasteiger partial charge in [-0.15, -0.1) is 0 Å². The van der Waals surface area contributed by atoms with Crippen molar-refractivity contribution in [1.82, 2.24) is 9.99 Å². The average Bonchev–Trinajstić information content (AvgIpc) is 3.00. The van der Waals surface area contributed by atoms with Gasteiger partial charge in [0, 0.05) is 35.2 Å². The number of hydrazone groups is 1. The van der Waals surface area contributed by atoms with Crippen molar-refractivity contribution in [2.24, 2.45) is 5.10 Å². The molecular weight excluding hydrogens is 412 g/mol. The van der Waals surface area contributed by atoms with Crippen LogP contribution in [0.2, 0.25) is 0 Å². The molecule has 1 N–H and O–H groups in total. The van der Waals surface area contributed by atoms with Gasteiger partial charge in [-0.05, 0) is 68.8 Å². The van der Waals surface area contributed by atoms with E-state index in [0.29, 0.717) is 11.3 Å². The lowest BCUT2D eigenvalue weighted by Gasteiger charge is -2.16. The van der Waals surface area contributed by atoms with Gasteiger partial charge in [-0.3, -0.25) is 9.10 Å². The molecule has 1 heterocycles. The number of nitrogens with one attached hydrogen (secondary N) is 1. The molecule has 3 rings (SSSR count). The summed E-state index contributed by atoms with van der Waals surface area (Å²) in [5.41, 5.74) is 8.64. The summed E-state index contributed by atoms with van der Waals surface area (Å²) in [5.74, 6) is -0.377. The molecule has 8 heteroatoms. The summed E-state index contributed by atoms with van der Waals surface area (Å²) in [6, 6.07) is 16.6. The smallest absolute Gasteiger partial charge is 0.271 e. The zero-order chi connectivity index (χ0) is 22.8. The molecule has 0 spiro atoms. The van der Waals surface area contributed by atoms with Gasteiger partial charge in [0.25, 0.3) is 5.91 Å². The Kier molecular flexibility index (Phi) is 6.31. The molecular formula is C23H26N4O3S. The number of aryl methyl sites for hydroxylation is 2. The first-order valence-corrected chi connectivity index (χ1v) is 11.6. The molecule has 0 bridgehead atoms. The third kappa shape index (κ3) is 5.03. The van der Waals surface area contributed by atoms with E-state index in [9.17, 15) is 13.2 Å². The van der Waals surface area contributed by atoms with E-state index in [1.54, 1.807) is 30.5 Å². The lowest BCUT2D eigenvalue weighted by Crippen LogP contribution is -2.25. The summed E-state index contributed by atoms with van der Waals surface area (Å²) in [4.78, 5) is 12.4. The summed E-state index contributed by atoms with van der Waals surface area (Å²) >= 11 is 0. The van der Waals surface area contributed by atoms with E-state index in [1.807, 2.05) is 26.0 Å². The van der Waals surface area contributed by atoms with Crippen LogP contribution in [0, 0.1) is 20.8 Å². The predicted molar refractivity (Wildman–Crippen MR) is 125 cm³/mol. The number of nitrogens with zero attached hydrogens (tertiary/aromatic N) is 3. The van der Waals surface area contributed by atoms with Crippen molar-refractivity contribution in [3.05, 3.63) is 82.7 Å². The number of rotatable bonds is 6. The summed E-state index contributed by atoms with van der Waals surface area (Å²) in [5, 5.41) is 4.10. The second-order valence-corrected chi connectivity index (χ2v) is 9.49. The van der Waals surface area contributed by atoms with Gasteiger partial charge in [0.1, 0.15) is 0 Å². The molecule has 162 valence electrons. The Labute approximate surface area is 183 Å². The summed E-state index contributed by atoms with van der Waals surface area (Å²) in [7, 11) is -1.89. The van der Waals surface area contributed by atoms with Crippen molar-refractivity contribution in [2.75, 3.05) is 17.6 Å². The van der Waals surface area contributed by atoms with Crippen molar-refractivity contribution >= 4 is 27.8 Å². The van der Waals surface area contributed by atoms with Gasteiger partial charge in [-0.2, -0.15) is 5.10 Å². The zero-order valence-electron chi connectivity index (χ0n) is 18.2. The number of aromatic nitrogens is 1. The van der Waals surface area contributed by atoms with Crippen LogP contribution in [-0.2, 0) is 10.0 Å². The third-order valence-electron chi connectivity index (χ3n) is 5.09. The molecule has 0 unspecified atom stereocenters. The van der Waals surface area contributed by atoms with Crippen LogP contribution in [0.1, 0.15) is 32.9 Å². The Balaban J connectivity index is 1.72. The number of hydrogen-bond acceptors (Lipinski definition) is 4. The van der Waals surface area contributed by atoms with Gasteiger partial charge in [0.2, 0.25) is 10.0 Å². The van der Waals surface area contributed by atoms with Crippen LogP contribution in [0.3, 0.4) is 0 Å². The number of sulfonamides is 1. The normalized spacial score (nSPS) is 11.6. The molecule has 31 heavy (non-hydrogen) atoms. The lowest BCUT2D eigenvalue weighted by atomic mass is 10.2. The van der Waals surface area contributed by atoms with Crippen LogP contribution in [0.15, 0.2) is 59.7 Å². The van der Waals surface area contributed by atoms with Crippen LogP contribution in [0.4, 0.5) is 5.69 Å². The summed E-state index contributed by atoms with van der Waals surface area (Å²) < 4.78 is 26.5. The van der Waals surface area contributed by atoms with Gasteiger partial charge in [0.05, 0.1) is 18.2 Å². The number of benzene rings is 2. The molecule has 0 atom stereocenters. The van der Waals surface area contributed by atoms with Crippen LogP contribution in [-0.4, -0.2) is 38.4 Å². The molecule has 2 aromatic carbocycles. The molecule has 0 saturated carbocycles. The topological polar surface area (TPSA) is 83.8 Å². The number of carbonyl (C=O) groups is 1. The molecule has 0 radical (unpaired) electrons. The Morgan fingerprint density at radius 3 is 2.35 bits per heavy atom. The third-order valence-corrected chi connectivity index (χ3v) is 6.30. The van der Waals surface area contributed by atoms with E-state index in [1.165, 1.54) is 12.6 Å². The molecule has 0 saturated heterocycles. The number of carbonyl (C=O) groups excluding carboxylic acids is 1. The molecule has 0 aliphatic carbocycles. The van der Waals surface area contributed by atoms with Crippen molar-refractivity contribution in [3.8, 4) is 5.69 Å². The van der Waals surface area contributed by atoms with Crippen molar-refractivity contribution in [2.45, 2.75) is 20.8 Å². The fourth-order valence-electron chi connectivity index (χ4n) is 3.32. The van der Waals surface area contributed by atoms with Gasteiger partial charge in [-0.1, -0.05) is 12.1 Å². The minimum atomic E-state index is -3.35. The first-order valence-electron chi connectivity index (χ1n) is 9.71. The highest BCUT2D eigenvalue weighted by Crippen LogP contribution is 2.20. The van der Waals surface area contributed by atoms with E-state index < -0.39 is 10.0 Å². The monoisotopic (exact) mass is 438 g/mol. The average molecular weight is 439 g/mol. The van der Waals surface area contributed by atoms with Crippen LogP contribution in [0.5, 0.6) is 0 Å². The Bertz CT molecular complexity index is 1240. The number of anilines is 1. The highest BCUT2D eigenvalue weighted by molar-refractivity contribution is 7.92. The van der Waals surface area contributed by atoms with Crippen molar-refractivity contribution in [3.63, 3.8) is 0 Å². The molecule has 0 aliphatic heterocycles. The highest BCUT2D eigenvalue weighted by Gasteiger charge is 2.13. The van der Waals surface area contributed by atoms with Gasteiger partial charge in [-0.25, -0.2) is 13.8 Å². The van der Waals surface area contributed by atoms with Gasteiger partial charge < -0.3 is 4.57 Å². The molecule has 3 aromatic rings. The van der Waals surface area contributed by atoms with E-state index in [-0.39, 0.29) is 5.91 Å². The summed E-state index contributed by atoms with van der Waals surface area (Å²) in [6.45, 7) is 6.09. The lowest BCUT2D eigenvalue weighted by molar-refractivity contribution is 0.0955. The van der Waals surface area contributed by atoms with E-state index in [4.69, 9.17) is 0 Å².